The summed E-state index contributed by atoms with van der Waals surface area (Å²) < 4.78 is 34.4. The van der Waals surface area contributed by atoms with Gasteiger partial charge in [0.15, 0.2) is 0 Å². The van der Waals surface area contributed by atoms with Crippen molar-refractivity contribution in [2.24, 2.45) is 5.92 Å². The topological polar surface area (TPSA) is 65.8 Å². The predicted molar refractivity (Wildman–Crippen MR) is 82.0 cm³/mol. The van der Waals surface area contributed by atoms with Gasteiger partial charge in [-0.2, -0.15) is 12.7 Å². The number of rotatable bonds is 6. The fourth-order valence-electron chi connectivity index (χ4n) is 2.66. The van der Waals surface area contributed by atoms with Crippen molar-refractivity contribution in [2.45, 2.75) is 25.8 Å². The number of nitrogens with zero attached hydrogens (tertiary/aromatic N) is 2. The van der Waals surface area contributed by atoms with Gasteiger partial charge < -0.3 is 4.42 Å². The van der Waals surface area contributed by atoms with Gasteiger partial charge >= 0.3 is 0 Å². The van der Waals surface area contributed by atoms with Crippen molar-refractivity contribution >= 4 is 10.2 Å². The number of hydrogen-bond donors (Lipinski definition) is 1. The quantitative estimate of drug-likeness (QED) is 0.863. The van der Waals surface area contributed by atoms with Crippen molar-refractivity contribution in [3.63, 3.8) is 0 Å². The summed E-state index contributed by atoms with van der Waals surface area (Å²) in [4.78, 5) is 1.94. The van der Waals surface area contributed by atoms with Gasteiger partial charge in [-0.15, -0.1) is 0 Å². The Morgan fingerprint density at radius 3 is 2.86 bits per heavy atom. The van der Waals surface area contributed by atoms with E-state index in [1.54, 1.807) is 10.6 Å². The van der Waals surface area contributed by atoms with Crippen LogP contribution in [0.5, 0.6) is 0 Å². The molecule has 1 saturated heterocycles. The smallest absolute Gasteiger partial charge is 0.279 e. The minimum Gasteiger partial charge on any atom is -0.468 e. The first kappa shape index (κ1) is 16.5. The number of nitrogens with one attached hydrogen (secondary N) is 1. The van der Waals surface area contributed by atoms with E-state index in [0.29, 0.717) is 25.6 Å². The maximum atomic E-state index is 12.4. The average molecular weight is 315 g/mol. The zero-order valence-corrected chi connectivity index (χ0v) is 13.8. The van der Waals surface area contributed by atoms with E-state index in [2.05, 4.69) is 11.6 Å². The highest BCUT2D eigenvalue weighted by Crippen LogP contribution is 2.20. The van der Waals surface area contributed by atoms with Crippen LogP contribution in [0.1, 0.15) is 31.6 Å². The molecule has 1 N–H and O–H groups in total. The molecule has 120 valence electrons. The second-order valence-corrected chi connectivity index (χ2v) is 7.71. The van der Waals surface area contributed by atoms with E-state index in [4.69, 9.17) is 4.42 Å². The Morgan fingerprint density at radius 1 is 1.52 bits per heavy atom. The lowest BCUT2D eigenvalue weighted by atomic mass is 10.0. The Bertz CT molecular complexity index is 528. The Hall–Kier alpha value is -0.890. The third kappa shape index (κ3) is 4.29. The molecule has 0 radical (unpaired) electrons. The molecule has 1 aliphatic rings. The van der Waals surface area contributed by atoms with Gasteiger partial charge in [0.1, 0.15) is 5.76 Å². The number of hydrogen-bond acceptors (Lipinski definition) is 4. The van der Waals surface area contributed by atoms with Crippen LogP contribution in [0.25, 0.3) is 0 Å². The van der Waals surface area contributed by atoms with Crippen molar-refractivity contribution in [2.75, 3.05) is 33.7 Å². The minimum atomic E-state index is -3.42. The van der Waals surface area contributed by atoms with Gasteiger partial charge in [-0.3, -0.25) is 4.90 Å². The van der Waals surface area contributed by atoms with E-state index < -0.39 is 10.2 Å². The van der Waals surface area contributed by atoms with Gasteiger partial charge in [-0.25, -0.2) is 4.72 Å². The molecule has 7 heteroatoms. The van der Waals surface area contributed by atoms with Crippen LogP contribution >= 0.6 is 0 Å². The molecule has 21 heavy (non-hydrogen) atoms. The van der Waals surface area contributed by atoms with Crippen LogP contribution in [0.15, 0.2) is 22.8 Å². The van der Waals surface area contributed by atoms with Gasteiger partial charge in [0, 0.05) is 19.6 Å². The Balaban J connectivity index is 1.99. The van der Waals surface area contributed by atoms with Crippen molar-refractivity contribution in [1.82, 2.24) is 13.9 Å². The molecule has 1 fully saturated rings. The summed E-state index contributed by atoms with van der Waals surface area (Å²) in [5.41, 5.74) is 0. The summed E-state index contributed by atoms with van der Waals surface area (Å²) in [6, 6.07) is 3.56. The molecule has 1 aromatic heterocycles. The molecule has 2 atom stereocenters. The van der Waals surface area contributed by atoms with Gasteiger partial charge in [-0.1, -0.05) is 6.92 Å². The van der Waals surface area contributed by atoms with Crippen molar-refractivity contribution in [3.05, 3.63) is 24.2 Å². The molecule has 2 heterocycles. The summed E-state index contributed by atoms with van der Waals surface area (Å²) in [6.07, 6.45) is 3.63. The summed E-state index contributed by atoms with van der Waals surface area (Å²) >= 11 is 0. The summed E-state index contributed by atoms with van der Waals surface area (Å²) in [6.45, 7) is 3.59. The van der Waals surface area contributed by atoms with E-state index in [-0.39, 0.29) is 6.04 Å². The zero-order valence-electron chi connectivity index (χ0n) is 12.9. The first-order valence-corrected chi connectivity index (χ1v) is 8.78. The first-order valence-electron chi connectivity index (χ1n) is 7.34. The maximum absolute atomic E-state index is 12.4. The number of likely N-dealkylation sites (N-methyl/N-ethyl adjacent to an activating group) is 1. The highest BCUT2D eigenvalue weighted by molar-refractivity contribution is 7.87. The lowest BCUT2D eigenvalue weighted by molar-refractivity contribution is 0.251. The van der Waals surface area contributed by atoms with Gasteiger partial charge in [0.25, 0.3) is 10.2 Å². The lowest BCUT2D eigenvalue weighted by Crippen LogP contribution is -2.47. The van der Waals surface area contributed by atoms with E-state index in [9.17, 15) is 8.42 Å². The monoisotopic (exact) mass is 315 g/mol. The molecule has 1 aromatic rings. The summed E-state index contributed by atoms with van der Waals surface area (Å²) in [7, 11) is 0.393. The SMILES string of the molecule is C[C@@H]1CCCN(S(=O)(=O)NC[C@@H](c2ccco2)N(C)C)C1. The Morgan fingerprint density at radius 2 is 2.29 bits per heavy atom. The molecule has 0 spiro atoms. The molecule has 0 bridgehead atoms. The molecule has 6 nitrogen and oxygen atoms in total. The largest absolute Gasteiger partial charge is 0.468 e. The van der Waals surface area contributed by atoms with Crippen molar-refractivity contribution in [3.8, 4) is 0 Å². The molecular weight excluding hydrogens is 290 g/mol. The van der Waals surface area contributed by atoms with Crippen LogP contribution in [0.3, 0.4) is 0 Å². The Kier molecular flexibility index (Phi) is 5.43. The Labute approximate surface area is 127 Å². The third-order valence-corrected chi connectivity index (χ3v) is 5.46. The molecule has 0 aliphatic carbocycles. The normalized spacial score (nSPS) is 22.6. The van der Waals surface area contributed by atoms with Crippen LogP contribution in [0.4, 0.5) is 0 Å². The third-order valence-electron chi connectivity index (χ3n) is 3.91. The van der Waals surface area contributed by atoms with Crippen molar-refractivity contribution in [1.29, 1.82) is 0 Å². The van der Waals surface area contributed by atoms with Crippen molar-refractivity contribution < 1.29 is 12.8 Å². The lowest BCUT2D eigenvalue weighted by Gasteiger charge is -2.31. The standard InChI is InChI=1S/C14H25N3O3S/c1-12-6-4-8-17(11-12)21(18,19)15-10-13(16(2)3)14-7-5-9-20-14/h5,7,9,12-13,15H,4,6,8,10-11H2,1-3H3/t12-,13+/m1/s1. The van der Waals surface area contributed by atoms with E-state index in [1.165, 1.54) is 0 Å². The summed E-state index contributed by atoms with van der Waals surface area (Å²) in [5, 5.41) is 0. The van der Waals surface area contributed by atoms with Gasteiger partial charge in [-0.05, 0) is 45.0 Å². The fraction of sp³-hybridized carbons (Fsp3) is 0.714. The van der Waals surface area contributed by atoms with Gasteiger partial charge in [0.2, 0.25) is 0 Å². The molecular formula is C14H25N3O3S. The second kappa shape index (κ2) is 6.91. The number of furan rings is 1. The average Bonchev–Trinajstić information content (AvgIpc) is 2.92. The molecule has 2 rings (SSSR count). The zero-order chi connectivity index (χ0) is 15.5. The second-order valence-electron chi connectivity index (χ2n) is 5.95. The van der Waals surface area contributed by atoms with Crippen LogP contribution in [-0.2, 0) is 10.2 Å². The van der Waals surface area contributed by atoms with Crippen LogP contribution in [-0.4, -0.2) is 51.4 Å². The van der Waals surface area contributed by atoms with E-state index in [0.717, 1.165) is 18.6 Å². The predicted octanol–water partition coefficient (Wildman–Crippen LogP) is 1.45. The van der Waals surface area contributed by atoms with Crippen LogP contribution in [0.2, 0.25) is 0 Å². The number of piperidine rings is 1. The van der Waals surface area contributed by atoms with E-state index in [1.807, 2.05) is 31.1 Å². The molecule has 0 amide bonds. The summed E-state index contributed by atoms with van der Waals surface area (Å²) in [5.74, 6) is 1.18. The van der Waals surface area contributed by atoms with Crippen LogP contribution in [0, 0.1) is 5.92 Å². The molecule has 0 saturated carbocycles. The van der Waals surface area contributed by atoms with E-state index >= 15 is 0 Å². The van der Waals surface area contributed by atoms with Gasteiger partial charge in [0.05, 0.1) is 12.3 Å². The van der Waals surface area contributed by atoms with Crippen LogP contribution < -0.4 is 4.72 Å². The molecule has 1 aliphatic heterocycles. The molecule has 0 aromatic carbocycles. The first-order chi connectivity index (χ1) is 9.90. The highest BCUT2D eigenvalue weighted by Gasteiger charge is 2.28. The highest BCUT2D eigenvalue weighted by atomic mass is 32.2. The fourth-order valence-corrected chi connectivity index (χ4v) is 4.03. The maximum Gasteiger partial charge on any atom is 0.279 e. The minimum absolute atomic E-state index is 0.114. The molecule has 0 unspecified atom stereocenters.